The van der Waals surface area contributed by atoms with Gasteiger partial charge in [0.25, 0.3) is 11.8 Å². The first-order valence-electron chi connectivity index (χ1n) is 11.9. The Labute approximate surface area is 214 Å². The van der Waals surface area contributed by atoms with E-state index in [1.807, 2.05) is 32.0 Å². The van der Waals surface area contributed by atoms with Crippen molar-refractivity contribution >= 4 is 23.5 Å². The van der Waals surface area contributed by atoms with Gasteiger partial charge in [0.1, 0.15) is 18.2 Å². The summed E-state index contributed by atoms with van der Waals surface area (Å²) in [6.45, 7) is 5.18. The number of nitrogens with two attached hydrogens (primary N) is 1. The van der Waals surface area contributed by atoms with Crippen LogP contribution in [-0.4, -0.2) is 53.8 Å². The van der Waals surface area contributed by atoms with Crippen LogP contribution in [0, 0.1) is 19.7 Å². The standard InChI is InChI=1S/C28H29FN4O4/c1-18-13-19(2)15-21(14-18)31-28(36)33-11-9-32(10-12-33)27(35)23-16-20(7-8-24(23)29)17-37-25-6-4-3-5-22(25)26(30)34/h3-8,13-16H,9-12,17H2,1-2H3,(H2,30,34)(H,31,36). The number of carbonyl (C=O) groups is 3. The Bertz CT molecular complexity index is 1320. The number of piperazine rings is 1. The third-order valence-electron chi connectivity index (χ3n) is 6.14. The van der Waals surface area contributed by atoms with E-state index in [-0.39, 0.29) is 36.9 Å². The Hall–Kier alpha value is -4.40. The van der Waals surface area contributed by atoms with Crippen molar-refractivity contribution in [1.29, 1.82) is 0 Å². The van der Waals surface area contributed by atoms with E-state index in [0.29, 0.717) is 24.4 Å². The molecule has 3 aromatic rings. The Morgan fingerprint density at radius 2 is 1.54 bits per heavy atom. The topological polar surface area (TPSA) is 105 Å². The van der Waals surface area contributed by atoms with Crippen LogP contribution in [0.5, 0.6) is 5.75 Å². The molecule has 1 saturated heterocycles. The molecule has 0 unspecified atom stereocenters. The lowest BCUT2D eigenvalue weighted by molar-refractivity contribution is 0.0666. The normalized spacial score (nSPS) is 13.3. The van der Waals surface area contributed by atoms with Crippen LogP contribution in [0.3, 0.4) is 0 Å². The van der Waals surface area contributed by atoms with Gasteiger partial charge >= 0.3 is 6.03 Å². The van der Waals surface area contributed by atoms with E-state index < -0.39 is 17.6 Å². The molecule has 0 saturated carbocycles. The minimum Gasteiger partial charge on any atom is -0.488 e. The van der Waals surface area contributed by atoms with Gasteiger partial charge in [-0.1, -0.05) is 24.3 Å². The SMILES string of the molecule is Cc1cc(C)cc(NC(=O)N2CCN(C(=O)c3cc(COc4ccccc4C(N)=O)ccc3F)CC2)c1. The summed E-state index contributed by atoms with van der Waals surface area (Å²) in [5.41, 5.74) is 8.94. The number of primary amides is 1. The summed E-state index contributed by atoms with van der Waals surface area (Å²) in [4.78, 5) is 40.6. The second-order valence-electron chi connectivity index (χ2n) is 9.05. The fourth-order valence-electron chi connectivity index (χ4n) is 4.32. The van der Waals surface area contributed by atoms with E-state index in [4.69, 9.17) is 10.5 Å². The van der Waals surface area contributed by atoms with E-state index >= 15 is 0 Å². The summed E-state index contributed by atoms with van der Waals surface area (Å²) in [7, 11) is 0. The Morgan fingerprint density at radius 1 is 0.892 bits per heavy atom. The van der Waals surface area contributed by atoms with Gasteiger partial charge in [0.2, 0.25) is 0 Å². The average molecular weight is 505 g/mol. The fraction of sp³-hybridized carbons (Fsp3) is 0.250. The highest BCUT2D eigenvalue weighted by Gasteiger charge is 2.26. The molecule has 4 rings (SSSR count). The number of ether oxygens (including phenoxy) is 1. The van der Waals surface area contributed by atoms with Crippen molar-refractivity contribution < 1.29 is 23.5 Å². The molecule has 192 valence electrons. The molecule has 1 aliphatic rings. The predicted molar refractivity (Wildman–Crippen MR) is 138 cm³/mol. The molecule has 37 heavy (non-hydrogen) atoms. The number of nitrogens with zero attached hydrogens (tertiary/aromatic N) is 2. The molecule has 1 heterocycles. The van der Waals surface area contributed by atoms with Gasteiger partial charge in [-0.2, -0.15) is 0 Å². The lowest BCUT2D eigenvalue weighted by Gasteiger charge is -2.34. The lowest BCUT2D eigenvalue weighted by atomic mass is 10.1. The molecule has 3 N–H and O–H groups in total. The van der Waals surface area contributed by atoms with Gasteiger partial charge in [0.15, 0.2) is 0 Å². The Balaban J connectivity index is 1.37. The predicted octanol–water partition coefficient (Wildman–Crippen LogP) is 4.11. The minimum atomic E-state index is -0.638. The first-order chi connectivity index (χ1) is 17.7. The van der Waals surface area contributed by atoms with E-state index in [2.05, 4.69) is 5.32 Å². The molecule has 1 aliphatic heterocycles. The summed E-state index contributed by atoms with van der Waals surface area (Å²) >= 11 is 0. The first-order valence-corrected chi connectivity index (χ1v) is 11.9. The first kappa shape index (κ1) is 25.7. The number of rotatable bonds is 6. The molecule has 3 aromatic carbocycles. The quantitative estimate of drug-likeness (QED) is 0.527. The molecule has 0 spiro atoms. The summed E-state index contributed by atoms with van der Waals surface area (Å²) < 4.78 is 20.3. The van der Waals surface area contributed by atoms with Gasteiger partial charge in [-0.25, -0.2) is 9.18 Å². The maximum absolute atomic E-state index is 14.6. The monoisotopic (exact) mass is 504 g/mol. The van der Waals surface area contributed by atoms with Crippen molar-refractivity contribution in [2.75, 3.05) is 31.5 Å². The molecule has 0 aromatic heterocycles. The number of amides is 4. The molecule has 8 nitrogen and oxygen atoms in total. The number of hydrogen-bond donors (Lipinski definition) is 2. The number of aryl methyl sites for hydroxylation is 2. The van der Waals surface area contributed by atoms with Crippen molar-refractivity contribution in [2.24, 2.45) is 5.73 Å². The van der Waals surface area contributed by atoms with Crippen LogP contribution in [-0.2, 0) is 6.61 Å². The average Bonchev–Trinajstić information content (AvgIpc) is 2.87. The van der Waals surface area contributed by atoms with Crippen LogP contribution >= 0.6 is 0 Å². The van der Waals surface area contributed by atoms with Crippen LogP contribution < -0.4 is 15.8 Å². The van der Waals surface area contributed by atoms with Gasteiger partial charge in [-0.15, -0.1) is 0 Å². The van der Waals surface area contributed by atoms with Crippen LogP contribution in [0.4, 0.5) is 14.9 Å². The molecular weight excluding hydrogens is 475 g/mol. The summed E-state index contributed by atoms with van der Waals surface area (Å²) in [6, 6.07) is 16.3. The Kier molecular flexibility index (Phi) is 7.71. The molecular formula is C28H29FN4O4. The largest absolute Gasteiger partial charge is 0.488 e. The number of anilines is 1. The molecule has 9 heteroatoms. The highest BCUT2D eigenvalue weighted by atomic mass is 19.1. The fourth-order valence-corrected chi connectivity index (χ4v) is 4.32. The number of benzene rings is 3. The summed E-state index contributed by atoms with van der Waals surface area (Å²) in [5, 5.41) is 2.90. The van der Waals surface area contributed by atoms with Crippen molar-refractivity contribution in [3.8, 4) is 5.75 Å². The van der Waals surface area contributed by atoms with E-state index in [0.717, 1.165) is 16.8 Å². The third kappa shape index (κ3) is 6.24. The van der Waals surface area contributed by atoms with Crippen molar-refractivity contribution in [3.63, 3.8) is 0 Å². The minimum absolute atomic E-state index is 0.0250. The number of para-hydroxylation sites is 1. The number of nitrogens with one attached hydrogen (secondary N) is 1. The molecule has 0 radical (unpaired) electrons. The van der Waals surface area contributed by atoms with E-state index in [1.54, 1.807) is 29.2 Å². The van der Waals surface area contributed by atoms with Crippen molar-refractivity contribution in [1.82, 2.24) is 9.80 Å². The van der Waals surface area contributed by atoms with Gasteiger partial charge in [-0.3, -0.25) is 9.59 Å². The Morgan fingerprint density at radius 3 is 2.22 bits per heavy atom. The zero-order valence-electron chi connectivity index (χ0n) is 20.8. The zero-order chi connectivity index (χ0) is 26.5. The maximum Gasteiger partial charge on any atom is 0.321 e. The number of halogens is 1. The number of urea groups is 1. The van der Waals surface area contributed by atoms with Crippen LogP contribution in [0.2, 0.25) is 0 Å². The van der Waals surface area contributed by atoms with E-state index in [1.165, 1.54) is 23.1 Å². The highest BCUT2D eigenvalue weighted by molar-refractivity contribution is 5.96. The van der Waals surface area contributed by atoms with Crippen molar-refractivity contribution in [2.45, 2.75) is 20.5 Å². The maximum atomic E-state index is 14.6. The number of hydrogen-bond acceptors (Lipinski definition) is 4. The van der Waals surface area contributed by atoms with Crippen LogP contribution in [0.1, 0.15) is 37.4 Å². The van der Waals surface area contributed by atoms with Gasteiger partial charge < -0.3 is 25.6 Å². The third-order valence-corrected chi connectivity index (χ3v) is 6.14. The molecule has 0 aliphatic carbocycles. The molecule has 0 atom stereocenters. The molecule has 4 amide bonds. The lowest BCUT2D eigenvalue weighted by Crippen LogP contribution is -2.51. The van der Waals surface area contributed by atoms with Crippen molar-refractivity contribution in [3.05, 3.63) is 94.3 Å². The summed E-state index contributed by atoms with van der Waals surface area (Å²) in [5.74, 6) is -1.40. The second kappa shape index (κ2) is 11.1. The van der Waals surface area contributed by atoms with E-state index in [9.17, 15) is 18.8 Å². The zero-order valence-corrected chi connectivity index (χ0v) is 20.8. The smallest absolute Gasteiger partial charge is 0.321 e. The molecule has 1 fully saturated rings. The second-order valence-corrected chi connectivity index (χ2v) is 9.05. The van der Waals surface area contributed by atoms with Gasteiger partial charge in [0, 0.05) is 31.9 Å². The van der Waals surface area contributed by atoms with Gasteiger partial charge in [0.05, 0.1) is 11.1 Å². The van der Waals surface area contributed by atoms with Crippen LogP contribution in [0.15, 0.2) is 60.7 Å². The van der Waals surface area contributed by atoms with Crippen LogP contribution in [0.25, 0.3) is 0 Å². The molecule has 0 bridgehead atoms. The van der Waals surface area contributed by atoms with Gasteiger partial charge in [-0.05, 0) is 66.9 Å². The number of carbonyl (C=O) groups excluding carboxylic acids is 3. The summed E-state index contributed by atoms with van der Waals surface area (Å²) in [6.07, 6.45) is 0. The highest BCUT2D eigenvalue weighted by Crippen LogP contribution is 2.21.